The standard InChI is InChI=1S/C16H23NOS/c1-16(9-3-10-17-16)13-5-7-14(8-6-13)18-15-4-2-11-19-12-15/h5-8,15,17H,2-4,9-12H2,1H3. The summed E-state index contributed by atoms with van der Waals surface area (Å²) >= 11 is 2.01. The molecule has 2 saturated heterocycles. The summed E-state index contributed by atoms with van der Waals surface area (Å²) in [4.78, 5) is 0. The minimum atomic E-state index is 0.166. The van der Waals surface area contributed by atoms with Gasteiger partial charge in [-0.15, -0.1) is 0 Å². The molecular formula is C16H23NOS. The van der Waals surface area contributed by atoms with Crippen LogP contribution in [0.15, 0.2) is 24.3 Å². The molecule has 0 aliphatic carbocycles. The summed E-state index contributed by atoms with van der Waals surface area (Å²) in [6.45, 7) is 3.43. The van der Waals surface area contributed by atoms with Gasteiger partial charge in [0.05, 0.1) is 0 Å². The lowest BCUT2D eigenvalue weighted by molar-refractivity contribution is 0.211. The van der Waals surface area contributed by atoms with Gasteiger partial charge in [-0.3, -0.25) is 0 Å². The van der Waals surface area contributed by atoms with Crippen LogP contribution in [0.4, 0.5) is 0 Å². The fraction of sp³-hybridized carbons (Fsp3) is 0.625. The van der Waals surface area contributed by atoms with E-state index in [9.17, 15) is 0 Å². The first-order valence-electron chi connectivity index (χ1n) is 7.36. The quantitative estimate of drug-likeness (QED) is 0.913. The van der Waals surface area contributed by atoms with Crippen LogP contribution in [0.3, 0.4) is 0 Å². The lowest BCUT2D eigenvalue weighted by Crippen LogP contribution is -2.33. The molecule has 2 atom stereocenters. The molecule has 0 bridgehead atoms. The molecule has 0 saturated carbocycles. The topological polar surface area (TPSA) is 21.3 Å². The van der Waals surface area contributed by atoms with Crippen molar-refractivity contribution < 1.29 is 4.74 Å². The number of benzene rings is 1. The Labute approximate surface area is 120 Å². The van der Waals surface area contributed by atoms with E-state index in [1.165, 1.54) is 37.0 Å². The van der Waals surface area contributed by atoms with Gasteiger partial charge in [-0.25, -0.2) is 0 Å². The maximum atomic E-state index is 6.06. The first-order valence-corrected chi connectivity index (χ1v) is 8.52. The molecule has 1 aromatic carbocycles. The number of hydrogen-bond acceptors (Lipinski definition) is 3. The molecule has 2 fully saturated rings. The maximum absolute atomic E-state index is 6.06. The van der Waals surface area contributed by atoms with E-state index in [0.29, 0.717) is 6.10 Å². The number of ether oxygens (including phenoxy) is 1. The van der Waals surface area contributed by atoms with E-state index in [2.05, 4.69) is 36.5 Å². The van der Waals surface area contributed by atoms with E-state index in [4.69, 9.17) is 4.74 Å². The highest BCUT2D eigenvalue weighted by Crippen LogP contribution is 2.31. The van der Waals surface area contributed by atoms with E-state index >= 15 is 0 Å². The third-order valence-electron chi connectivity index (χ3n) is 4.28. The molecule has 1 aromatic rings. The van der Waals surface area contributed by atoms with Gasteiger partial charge in [0.1, 0.15) is 11.9 Å². The molecule has 0 radical (unpaired) electrons. The van der Waals surface area contributed by atoms with Crippen molar-refractivity contribution in [3.63, 3.8) is 0 Å². The lowest BCUT2D eigenvalue weighted by Gasteiger charge is -2.26. The molecule has 19 heavy (non-hydrogen) atoms. The molecule has 1 N–H and O–H groups in total. The first-order chi connectivity index (χ1) is 9.26. The summed E-state index contributed by atoms with van der Waals surface area (Å²) in [6.07, 6.45) is 5.40. The van der Waals surface area contributed by atoms with Crippen LogP contribution in [0, 0.1) is 0 Å². The molecule has 0 spiro atoms. The molecule has 3 heteroatoms. The van der Waals surface area contributed by atoms with Crippen LogP contribution in [-0.4, -0.2) is 24.2 Å². The van der Waals surface area contributed by atoms with E-state index in [-0.39, 0.29) is 5.54 Å². The number of hydrogen-bond donors (Lipinski definition) is 1. The summed E-state index contributed by atoms with van der Waals surface area (Å²) < 4.78 is 6.06. The van der Waals surface area contributed by atoms with E-state index < -0.39 is 0 Å². The maximum Gasteiger partial charge on any atom is 0.119 e. The van der Waals surface area contributed by atoms with Crippen molar-refractivity contribution in [2.24, 2.45) is 0 Å². The van der Waals surface area contributed by atoms with Gasteiger partial charge in [0.2, 0.25) is 0 Å². The van der Waals surface area contributed by atoms with Gasteiger partial charge in [-0.05, 0) is 62.6 Å². The normalized spacial score (nSPS) is 31.3. The molecule has 2 aliphatic heterocycles. The van der Waals surface area contributed by atoms with Crippen LogP contribution in [0.1, 0.15) is 38.2 Å². The number of thioether (sulfide) groups is 1. The summed E-state index contributed by atoms with van der Waals surface area (Å²) in [5, 5.41) is 3.61. The van der Waals surface area contributed by atoms with Crippen LogP contribution >= 0.6 is 11.8 Å². The third kappa shape index (κ3) is 3.09. The van der Waals surface area contributed by atoms with Gasteiger partial charge in [0.15, 0.2) is 0 Å². The molecule has 2 heterocycles. The third-order valence-corrected chi connectivity index (χ3v) is 5.47. The number of rotatable bonds is 3. The van der Waals surface area contributed by atoms with E-state index in [0.717, 1.165) is 18.0 Å². The summed E-state index contributed by atoms with van der Waals surface area (Å²) in [5.74, 6) is 3.46. The highest BCUT2D eigenvalue weighted by atomic mass is 32.2. The van der Waals surface area contributed by atoms with Gasteiger partial charge in [0.25, 0.3) is 0 Å². The van der Waals surface area contributed by atoms with Crippen molar-refractivity contribution in [2.45, 2.75) is 44.2 Å². The van der Waals surface area contributed by atoms with Crippen LogP contribution < -0.4 is 10.1 Å². The van der Waals surface area contributed by atoms with E-state index in [1.54, 1.807) is 0 Å². The summed E-state index contributed by atoms with van der Waals surface area (Å²) in [6, 6.07) is 8.73. The molecule has 2 unspecified atom stereocenters. The number of nitrogens with one attached hydrogen (secondary N) is 1. The van der Waals surface area contributed by atoms with Crippen LogP contribution in [0.25, 0.3) is 0 Å². The van der Waals surface area contributed by atoms with Crippen molar-refractivity contribution in [3.05, 3.63) is 29.8 Å². The monoisotopic (exact) mass is 277 g/mol. The highest BCUT2D eigenvalue weighted by Gasteiger charge is 2.29. The fourth-order valence-corrected chi connectivity index (χ4v) is 4.07. The largest absolute Gasteiger partial charge is 0.490 e. The average Bonchev–Trinajstić information content (AvgIpc) is 2.89. The Kier molecular flexibility index (Phi) is 4.04. The zero-order valence-electron chi connectivity index (χ0n) is 11.7. The Morgan fingerprint density at radius 2 is 2.11 bits per heavy atom. The zero-order chi connectivity index (χ0) is 13.1. The minimum Gasteiger partial charge on any atom is -0.490 e. The molecule has 0 aromatic heterocycles. The van der Waals surface area contributed by atoms with Gasteiger partial charge >= 0.3 is 0 Å². The summed E-state index contributed by atoms with van der Waals surface area (Å²) in [5.41, 5.74) is 1.55. The minimum absolute atomic E-state index is 0.166. The Morgan fingerprint density at radius 3 is 2.74 bits per heavy atom. The Hall–Kier alpha value is -0.670. The second-order valence-electron chi connectivity index (χ2n) is 5.84. The van der Waals surface area contributed by atoms with Crippen molar-refractivity contribution in [2.75, 3.05) is 18.1 Å². The predicted octanol–water partition coefficient (Wildman–Crippen LogP) is 3.56. The van der Waals surface area contributed by atoms with Crippen LogP contribution in [-0.2, 0) is 5.54 Å². The SMILES string of the molecule is CC1(c2ccc(OC3CCCSC3)cc2)CCCN1. The van der Waals surface area contributed by atoms with E-state index in [1.807, 2.05) is 11.8 Å². The van der Waals surface area contributed by atoms with Gasteiger partial charge in [-0.1, -0.05) is 12.1 Å². The van der Waals surface area contributed by atoms with Gasteiger partial charge in [-0.2, -0.15) is 11.8 Å². The smallest absolute Gasteiger partial charge is 0.119 e. The highest BCUT2D eigenvalue weighted by molar-refractivity contribution is 7.99. The fourth-order valence-electron chi connectivity index (χ4n) is 3.04. The molecule has 3 rings (SSSR count). The van der Waals surface area contributed by atoms with Crippen LogP contribution in [0.5, 0.6) is 5.75 Å². The van der Waals surface area contributed by atoms with Crippen molar-refractivity contribution in [1.82, 2.24) is 5.32 Å². The Bertz CT molecular complexity index is 405. The average molecular weight is 277 g/mol. The first kappa shape index (κ1) is 13.3. The van der Waals surface area contributed by atoms with Crippen molar-refractivity contribution in [1.29, 1.82) is 0 Å². The predicted molar refractivity (Wildman–Crippen MR) is 82.0 cm³/mol. The summed E-state index contributed by atoms with van der Waals surface area (Å²) in [7, 11) is 0. The molecule has 2 aliphatic rings. The van der Waals surface area contributed by atoms with Crippen molar-refractivity contribution in [3.8, 4) is 5.75 Å². The second-order valence-corrected chi connectivity index (χ2v) is 6.99. The Balaban J connectivity index is 1.65. The van der Waals surface area contributed by atoms with Gasteiger partial charge in [0, 0.05) is 11.3 Å². The van der Waals surface area contributed by atoms with Crippen molar-refractivity contribution >= 4 is 11.8 Å². The second kappa shape index (κ2) is 5.76. The van der Waals surface area contributed by atoms with Crippen LogP contribution in [0.2, 0.25) is 0 Å². The Morgan fingerprint density at radius 1 is 1.26 bits per heavy atom. The molecule has 0 amide bonds. The lowest BCUT2D eigenvalue weighted by atomic mass is 9.91. The molecule has 104 valence electrons. The molecule has 2 nitrogen and oxygen atoms in total. The molecular weight excluding hydrogens is 254 g/mol. The van der Waals surface area contributed by atoms with Gasteiger partial charge < -0.3 is 10.1 Å². The zero-order valence-corrected chi connectivity index (χ0v) is 12.5.